The molecule has 1 N–H and O–H groups in total. The highest BCUT2D eigenvalue weighted by atomic mass is 16.5. The average Bonchev–Trinajstić information content (AvgIpc) is 3.08. The van der Waals surface area contributed by atoms with E-state index in [1.807, 2.05) is 6.08 Å². The summed E-state index contributed by atoms with van der Waals surface area (Å²) in [6.45, 7) is 0.346. The number of carbonyl (C=O) groups excluding carboxylic acids is 1. The fraction of sp³-hybridized carbons (Fsp3) is 0.357. The van der Waals surface area contributed by atoms with Gasteiger partial charge in [-0.15, -0.1) is 0 Å². The molecular formula is C14H12N2O4. The summed E-state index contributed by atoms with van der Waals surface area (Å²) in [5, 5.41) is 9.36. The number of anilines is 1. The normalized spacial score (nSPS) is 37.5. The van der Waals surface area contributed by atoms with Crippen LogP contribution in [0.5, 0.6) is 0 Å². The fourth-order valence-corrected chi connectivity index (χ4v) is 3.51. The molecule has 2 fully saturated rings. The van der Waals surface area contributed by atoms with Crippen LogP contribution in [-0.4, -0.2) is 40.2 Å². The Morgan fingerprint density at radius 2 is 2.40 bits per heavy atom. The Morgan fingerprint density at radius 1 is 1.55 bits per heavy atom. The molecule has 0 aromatic carbocycles. The summed E-state index contributed by atoms with van der Waals surface area (Å²) in [6, 6.07) is 3.53. The van der Waals surface area contributed by atoms with Crippen LogP contribution in [0.1, 0.15) is 0 Å². The van der Waals surface area contributed by atoms with Crippen molar-refractivity contribution in [1.82, 2.24) is 4.98 Å². The monoisotopic (exact) mass is 272 g/mol. The number of carbonyl (C=O) groups is 2. The van der Waals surface area contributed by atoms with Crippen LogP contribution >= 0.6 is 0 Å². The third-order valence-corrected chi connectivity index (χ3v) is 4.34. The number of carboxylic acids is 1. The average molecular weight is 272 g/mol. The van der Waals surface area contributed by atoms with Crippen molar-refractivity contribution in [3.8, 4) is 0 Å². The number of nitrogens with zero attached hydrogens (tertiary/aromatic N) is 2. The highest BCUT2D eigenvalue weighted by Gasteiger charge is 2.67. The predicted molar refractivity (Wildman–Crippen MR) is 67.9 cm³/mol. The van der Waals surface area contributed by atoms with E-state index in [1.54, 1.807) is 35.5 Å². The van der Waals surface area contributed by atoms with Crippen molar-refractivity contribution >= 4 is 17.6 Å². The van der Waals surface area contributed by atoms with Gasteiger partial charge in [-0.2, -0.15) is 0 Å². The molecule has 6 nitrogen and oxygen atoms in total. The lowest BCUT2D eigenvalue weighted by molar-refractivity contribution is -0.146. The van der Waals surface area contributed by atoms with E-state index in [9.17, 15) is 14.7 Å². The largest absolute Gasteiger partial charge is 0.481 e. The molecular weight excluding hydrogens is 260 g/mol. The Bertz CT molecular complexity index is 629. The minimum Gasteiger partial charge on any atom is -0.481 e. The Kier molecular flexibility index (Phi) is 2.13. The second-order valence-corrected chi connectivity index (χ2v) is 5.37. The fourth-order valence-electron chi connectivity index (χ4n) is 3.51. The van der Waals surface area contributed by atoms with E-state index in [1.165, 1.54) is 0 Å². The summed E-state index contributed by atoms with van der Waals surface area (Å²) < 4.78 is 5.81. The topological polar surface area (TPSA) is 79.7 Å². The zero-order chi connectivity index (χ0) is 13.9. The minimum absolute atomic E-state index is 0.197. The van der Waals surface area contributed by atoms with Crippen molar-refractivity contribution in [3.63, 3.8) is 0 Å². The van der Waals surface area contributed by atoms with Gasteiger partial charge in [-0.05, 0) is 12.1 Å². The molecule has 6 heteroatoms. The third kappa shape index (κ3) is 1.29. The first-order valence-electron chi connectivity index (χ1n) is 6.44. The summed E-state index contributed by atoms with van der Waals surface area (Å²) in [6.07, 6.45) is 6.34. The SMILES string of the molecule is O=C(O)[C@H]1[C@H]2C(=O)N(c3cccnc3)C[C@@]23C=C[C@H]1O3. The van der Waals surface area contributed by atoms with E-state index in [0.717, 1.165) is 0 Å². The van der Waals surface area contributed by atoms with Gasteiger partial charge in [0.05, 0.1) is 30.5 Å². The predicted octanol–water partition coefficient (Wildman–Crippen LogP) is 0.453. The number of hydrogen-bond donors (Lipinski definition) is 1. The highest BCUT2D eigenvalue weighted by Crippen LogP contribution is 2.52. The molecule has 1 aromatic rings. The van der Waals surface area contributed by atoms with Crippen molar-refractivity contribution in [2.45, 2.75) is 11.7 Å². The third-order valence-electron chi connectivity index (χ3n) is 4.34. The van der Waals surface area contributed by atoms with Crippen LogP contribution in [0.2, 0.25) is 0 Å². The first-order valence-corrected chi connectivity index (χ1v) is 6.44. The van der Waals surface area contributed by atoms with Crippen molar-refractivity contribution in [2.75, 3.05) is 11.4 Å². The lowest BCUT2D eigenvalue weighted by Crippen LogP contribution is -2.39. The van der Waals surface area contributed by atoms with Crippen LogP contribution in [0.3, 0.4) is 0 Å². The summed E-state index contributed by atoms with van der Waals surface area (Å²) in [7, 11) is 0. The van der Waals surface area contributed by atoms with Gasteiger partial charge in [-0.3, -0.25) is 14.6 Å². The van der Waals surface area contributed by atoms with Crippen LogP contribution < -0.4 is 4.90 Å². The van der Waals surface area contributed by atoms with Gasteiger partial charge in [0.2, 0.25) is 5.91 Å². The maximum atomic E-state index is 12.6. The number of aliphatic carboxylic acids is 1. The number of pyridine rings is 1. The zero-order valence-corrected chi connectivity index (χ0v) is 10.5. The van der Waals surface area contributed by atoms with Gasteiger partial charge in [0.25, 0.3) is 0 Å². The molecule has 1 aromatic heterocycles. The minimum atomic E-state index is -0.979. The van der Waals surface area contributed by atoms with E-state index in [-0.39, 0.29) is 5.91 Å². The highest BCUT2D eigenvalue weighted by molar-refractivity contribution is 6.02. The molecule has 1 spiro atoms. The van der Waals surface area contributed by atoms with E-state index >= 15 is 0 Å². The van der Waals surface area contributed by atoms with Gasteiger partial charge >= 0.3 is 5.97 Å². The van der Waals surface area contributed by atoms with Gasteiger partial charge in [-0.1, -0.05) is 12.2 Å². The lowest BCUT2D eigenvalue weighted by atomic mass is 9.77. The molecule has 102 valence electrons. The first-order chi connectivity index (χ1) is 9.62. The second kappa shape index (κ2) is 3.67. The van der Waals surface area contributed by atoms with Crippen molar-refractivity contribution in [1.29, 1.82) is 0 Å². The van der Waals surface area contributed by atoms with Crippen molar-refractivity contribution in [3.05, 3.63) is 36.7 Å². The lowest BCUT2D eigenvalue weighted by Gasteiger charge is -2.21. The molecule has 3 aliphatic rings. The van der Waals surface area contributed by atoms with Crippen molar-refractivity contribution < 1.29 is 19.4 Å². The Hall–Kier alpha value is -2.21. The Labute approximate surface area is 114 Å². The maximum absolute atomic E-state index is 12.6. The summed E-state index contributed by atoms with van der Waals surface area (Å²) in [4.78, 5) is 29.6. The summed E-state index contributed by atoms with van der Waals surface area (Å²) in [5.41, 5.74) is -0.119. The molecule has 2 saturated heterocycles. The quantitative estimate of drug-likeness (QED) is 0.791. The van der Waals surface area contributed by atoms with Crippen LogP contribution in [0, 0.1) is 11.8 Å². The smallest absolute Gasteiger partial charge is 0.310 e. The van der Waals surface area contributed by atoms with E-state index in [2.05, 4.69) is 4.98 Å². The number of hydrogen-bond acceptors (Lipinski definition) is 4. The first kappa shape index (κ1) is 11.6. The number of aromatic nitrogens is 1. The zero-order valence-electron chi connectivity index (χ0n) is 10.5. The van der Waals surface area contributed by atoms with Gasteiger partial charge in [-0.25, -0.2) is 0 Å². The van der Waals surface area contributed by atoms with E-state index in [4.69, 9.17) is 4.74 Å². The van der Waals surface area contributed by atoms with Crippen LogP contribution in [0.15, 0.2) is 36.7 Å². The maximum Gasteiger partial charge on any atom is 0.310 e. The summed E-state index contributed by atoms with van der Waals surface area (Å²) in [5.74, 6) is -2.62. The number of ether oxygens (including phenoxy) is 1. The molecule has 4 rings (SSSR count). The molecule has 0 saturated carbocycles. The van der Waals surface area contributed by atoms with E-state index in [0.29, 0.717) is 12.2 Å². The van der Waals surface area contributed by atoms with Gasteiger partial charge in [0, 0.05) is 6.20 Å². The molecule has 1 amide bonds. The molecule has 0 unspecified atom stereocenters. The van der Waals surface area contributed by atoms with Gasteiger partial charge < -0.3 is 14.7 Å². The van der Waals surface area contributed by atoms with Crippen LogP contribution in [-0.2, 0) is 14.3 Å². The molecule has 0 aliphatic carbocycles. The van der Waals surface area contributed by atoms with Gasteiger partial charge in [0.15, 0.2) is 0 Å². The van der Waals surface area contributed by atoms with Gasteiger partial charge in [0.1, 0.15) is 11.5 Å². The Morgan fingerprint density at radius 3 is 3.10 bits per heavy atom. The molecule has 4 atom stereocenters. The standard InChI is InChI=1S/C14H12N2O4/c17-12-11-10(13(18)19)9-3-4-14(11,20-9)7-16(12)8-2-1-5-15-6-8/h1-6,9-11H,7H2,(H,18,19)/t9-,10-,11+,14+/m1/s1. The molecule has 4 heterocycles. The number of amides is 1. The van der Waals surface area contributed by atoms with E-state index < -0.39 is 29.5 Å². The molecule has 20 heavy (non-hydrogen) atoms. The number of fused-ring (bicyclic) bond motifs is 1. The summed E-state index contributed by atoms with van der Waals surface area (Å²) >= 11 is 0. The van der Waals surface area contributed by atoms with Crippen molar-refractivity contribution in [2.24, 2.45) is 11.8 Å². The molecule has 0 radical (unpaired) electrons. The Balaban J connectivity index is 1.76. The number of carboxylic acid groups (broad SMARTS) is 1. The van der Waals surface area contributed by atoms with Crippen LogP contribution in [0.4, 0.5) is 5.69 Å². The number of rotatable bonds is 2. The molecule has 2 bridgehead atoms. The second-order valence-electron chi connectivity index (χ2n) is 5.37. The van der Waals surface area contributed by atoms with Crippen LogP contribution in [0.25, 0.3) is 0 Å². The molecule has 3 aliphatic heterocycles.